The number of aryl methyl sites for hydroxylation is 1. The molecule has 0 heterocycles. The van der Waals surface area contributed by atoms with E-state index in [0.29, 0.717) is 4.31 Å². The number of carbonyl (C=O) groups is 2. The quantitative estimate of drug-likeness (QED) is 0.807. The molecular formula is C15H21NO5S. The lowest BCUT2D eigenvalue weighted by Crippen LogP contribution is -2.46. The first-order valence-corrected chi connectivity index (χ1v) is 8.21. The van der Waals surface area contributed by atoms with Crippen LogP contribution in [-0.2, 0) is 19.6 Å². The minimum atomic E-state index is -4.20. The van der Waals surface area contributed by atoms with E-state index in [4.69, 9.17) is 0 Å². The zero-order valence-corrected chi connectivity index (χ0v) is 13.9. The average Bonchev–Trinajstić information content (AvgIpc) is 2.37. The van der Waals surface area contributed by atoms with Crippen LogP contribution in [0.2, 0.25) is 0 Å². The zero-order chi connectivity index (χ0) is 17.1. The molecule has 1 rings (SSSR count). The van der Waals surface area contributed by atoms with E-state index in [0.717, 1.165) is 5.56 Å². The van der Waals surface area contributed by atoms with E-state index in [2.05, 4.69) is 0 Å². The summed E-state index contributed by atoms with van der Waals surface area (Å²) >= 11 is 0. The van der Waals surface area contributed by atoms with Crippen molar-refractivity contribution in [2.24, 2.45) is 5.41 Å². The summed E-state index contributed by atoms with van der Waals surface area (Å²) in [6.45, 7) is 7.15. The molecule has 0 bridgehead atoms. The van der Waals surface area contributed by atoms with Crippen molar-refractivity contribution >= 4 is 22.4 Å². The van der Waals surface area contributed by atoms with Crippen LogP contribution >= 0.6 is 0 Å². The molecule has 0 spiro atoms. The lowest BCUT2D eigenvalue weighted by Gasteiger charge is -2.29. The second-order valence-electron chi connectivity index (χ2n) is 6.37. The summed E-state index contributed by atoms with van der Waals surface area (Å²) in [5.74, 6) is -1.35. The summed E-state index contributed by atoms with van der Waals surface area (Å²) in [5.41, 5.74) is 0.411. The first-order chi connectivity index (χ1) is 9.99. The van der Waals surface area contributed by atoms with Gasteiger partial charge in [-0.1, -0.05) is 38.5 Å². The number of sulfonamides is 1. The third-order valence-corrected chi connectivity index (χ3v) is 4.86. The first-order valence-electron chi connectivity index (χ1n) is 6.77. The van der Waals surface area contributed by atoms with Crippen LogP contribution in [0.15, 0.2) is 29.2 Å². The molecule has 0 fully saturated rings. The van der Waals surface area contributed by atoms with Crippen LogP contribution in [0.3, 0.4) is 0 Å². The minimum absolute atomic E-state index is 0.0200. The molecule has 0 saturated heterocycles. The molecule has 0 aliphatic carbocycles. The Morgan fingerprint density at radius 2 is 1.77 bits per heavy atom. The van der Waals surface area contributed by atoms with Crippen LogP contribution in [0.1, 0.15) is 32.8 Å². The number of carboxylic acid groups (broad SMARTS) is 1. The van der Waals surface area contributed by atoms with Crippen LogP contribution in [-0.4, -0.2) is 36.3 Å². The Balaban J connectivity index is 3.29. The van der Waals surface area contributed by atoms with Gasteiger partial charge in [-0.05, 0) is 30.9 Å². The summed E-state index contributed by atoms with van der Waals surface area (Å²) in [4.78, 5) is 22.6. The number of aliphatic carboxylic acids is 1. The lowest BCUT2D eigenvalue weighted by atomic mass is 9.88. The Bertz CT molecular complexity index is 644. The molecule has 1 amide bonds. The topological polar surface area (TPSA) is 91.8 Å². The van der Waals surface area contributed by atoms with E-state index < -0.39 is 27.4 Å². The van der Waals surface area contributed by atoms with Crippen LogP contribution in [0, 0.1) is 12.3 Å². The molecule has 0 aliphatic heterocycles. The lowest BCUT2D eigenvalue weighted by molar-refractivity contribution is -0.144. The van der Waals surface area contributed by atoms with Gasteiger partial charge >= 0.3 is 5.97 Å². The van der Waals surface area contributed by atoms with Gasteiger partial charge in [0.05, 0.1) is 4.90 Å². The highest BCUT2D eigenvalue weighted by molar-refractivity contribution is 7.89. The van der Waals surface area contributed by atoms with Gasteiger partial charge in [0, 0.05) is 0 Å². The van der Waals surface area contributed by atoms with Gasteiger partial charge in [0.2, 0.25) is 6.41 Å². The standard InChI is InChI=1S/C15H21NO5S/c1-11-5-7-12(8-6-11)22(20,21)16(10-17)13(14(18)19)9-15(2,3)4/h5-8,10,13H,9H2,1-4H3,(H,18,19)/t13-/m1/s1. The van der Waals surface area contributed by atoms with Gasteiger partial charge in [-0.3, -0.25) is 4.79 Å². The van der Waals surface area contributed by atoms with Crippen molar-refractivity contribution in [3.05, 3.63) is 29.8 Å². The summed E-state index contributed by atoms with van der Waals surface area (Å²) < 4.78 is 25.5. The molecule has 122 valence electrons. The Labute approximate surface area is 130 Å². The average molecular weight is 327 g/mol. The molecular weight excluding hydrogens is 306 g/mol. The molecule has 1 aromatic rings. The molecule has 22 heavy (non-hydrogen) atoms. The maximum absolute atomic E-state index is 12.5. The fraction of sp³-hybridized carbons (Fsp3) is 0.467. The van der Waals surface area contributed by atoms with Crippen molar-refractivity contribution in [3.63, 3.8) is 0 Å². The van der Waals surface area contributed by atoms with Crippen molar-refractivity contribution in [2.75, 3.05) is 0 Å². The summed E-state index contributed by atoms with van der Waals surface area (Å²) in [6, 6.07) is 4.46. The van der Waals surface area contributed by atoms with Crippen LogP contribution in [0.5, 0.6) is 0 Å². The number of benzene rings is 1. The van der Waals surface area contributed by atoms with Crippen LogP contribution in [0.25, 0.3) is 0 Å². The van der Waals surface area contributed by atoms with Gasteiger partial charge in [-0.2, -0.15) is 0 Å². The maximum Gasteiger partial charge on any atom is 0.327 e. The summed E-state index contributed by atoms with van der Waals surface area (Å²) in [5, 5.41) is 9.33. The fourth-order valence-corrected chi connectivity index (χ4v) is 3.33. The van der Waals surface area contributed by atoms with Crippen molar-refractivity contribution in [1.29, 1.82) is 0 Å². The predicted octanol–water partition coefficient (Wildman–Crippen LogP) is 2.03. The van der Waals surface area contributed by atoms with E-state index in [1.165, 1.54) is 12.1 Å². The highest BCUT2D eigenvalue weighted by atomic mass is 32.2. The van der Waals surface area contributed by atoms with E-state index in [9.17, 15) is 23.1 Å². The molecule has 7 heteroatoms. The molecule has 1 N–H and O–H groups in total. The minimum Gasteiger partial charge on any atom is -0.480 e. The van der Waals surface area contributed by atoms with E-state index in [1.807, 2.05) is 0 Å². The van der Waals surface area contributed by atoms with E-state index in [-0.39, 0.29) is 17.7 Å². The number of rotatable bonds is 6. The monoisotopic (exact) mass is 327 g/mol. The molecule has 0 radical (unpaired) electrons. The van der Waals surface area contributed by atoms with Crippen molar-refractivity contribution in [1.82, 2.24) is 4.31 Å². The van der Waals surface area contributed by atoms with Gasteiger partial charge in [-0.25, -0.2) is 17.5 Å². The van der Waals surface area contributed by atoms with Gasteiger partial charge in [0.25, 0.3) is 10.0 Å². The Kier molecular flexibility index (Phi) is 5.35. The smallest absolute Gasteiger partial charge is 0.327 e. The molecule has 0 aromatic heterocycles. The Morgan fingerprint density at radius 1 is 1.27 bits per heavy atom. The highest BCUT2D eigenvalue weighted by Crippen LogP contribution is 2.27. The van der Waals surface area contributed by atoms with Gasteiger partial charge in [0.1, 0.15) is 6.04 Å². The van der Waals surface area contributed by atoms with Crippen LogP contribution < -0.4 is 0 Å². The van der Waals surface area contributed by atoms with Crippen LogP contribution in [0.4, 0.5) is 0 Å². The second-order valence-corrected chi connectivity index (χ2v) is 8.22. The number of hydrogen-bond acceptors (Lipinski definition) is 4. The molecule has 0 saturated carbocycles. The summed E-state index contributed by atoms with van der Waals surface area (Å²) in [7, 11) is -4.20. The zero-order valence-electron chi connectivity index (χ0n) is 13.1. The first kappa shape index (κ1) is 18.2. The van der Waals surface area contributed by atoms with Gasteiger partial charge in [0.15, 0.2) is 0 Å². The number of nitrogens with zero attached hydrogens (tertiary/aromatic N) is 1. The third-order valence-electron chi connectivity index (χ3n) is 3.10. The number of carbonyl (C=O) groups excluding carboxylic acids is 1. The molecule has 0 unspecified atom stereocenters. The predicted molar refractivity (Wildman–Crippen MR) is 81.8 cm³/mol. The fourth-order valence-electron chi connectivity index (χ4n) is 2.00. The normalized spacial score (nSPS) is 13.5. The van der Waals surface area contributed by atoms with Crippen molar-refractivity contribution in [3.8, 4) is 0 Å². The Hall–Kier alpha value is -1.89. The van der Waals surface area contributed by atoms with Gasteiger partial charge in [-0.15, -0.1) is 0 Å². The Morgan fingerprint density at radius 3 is 2.14 bits per heavy atom. The largest absolute Gasteiger partial charge is 0.480 e. The molecule has 0 aliphatic rings. The van der Waals surface area contributed by atoms with E-state index in [1.54, 1.807) is 39.8 Å². The molecule has 1 atom stereocenters. The molecule has 6 nitrogen and oxygen atoms in total. The third kappa shape index (κ3) is 4.30. The number of carboxylic acids is 1. The number of hydrogen-bond donors (Lipinski definition) is 1. The summed E-state index contributed by atoms with van der Waals surface area (Å²) in [6.07, 6.45) is 0.0892. The highest BCUT2D eigenvalue weighted by Gasteiger charge is 2.37. The van der Waals surface area contributed by atoms with E-state index >= 15 is 0 Å². The second kappa shape index (κ2) is 6.48. The van der Waals surface area contributed by atoms with Gasteiger partial charge < -0.3 is 5.11 Å². The maximum atomic E-state index is 12.5. The number of amides is 1. The SMILES string of the molecule is Cc1ccc(S(=O)(=O)N(C=O)[C@H](CC(C)(C)C)C(=O)O)cc1. The van der Waals surface area contributed by atoms with Crippen molar-refractivity contribution < 1.29 is 23.1 Å². The van der Waals surface area contributed by atoms with Crippen molar-refractivity contribution in [2.45, 2.75) is 45.1 Å². The molecule has 1 aromatic carbocycles.